The summed E-state index contributed by atoms with van der Waals surface area (Å²) in [5.74, 6) is 0.509. The maximum atomic E-state index is 13.1. The molecule has 1 aromatic heterocycles. The van der Waals surface area contributed by atoms with E-state index in [4.69, 9.17) is 0 Å². The Balaban J connectivity index is 1.87. The second-order valence-corrected chi connectivity index (χ2v) is 5.82. The third-order valence-corrected chi connectivity index (χ3v) is 4.01. The highest BCUT2D eigenvalue weighted by atomic mass is 19.1. The molecule has 1 unspecified atom stereocenters. The van der Waals surface area contributed by atoms with Gasteiger partial charge in [-0.1, -0.05) is 20.3 Å². The number of fused-ring (bicyclic) bond motifs is 1. The van der Waals surface area contributed by atoms with E-state index in [0.717, 1.165) is 17.0 Å². The van der Waals surface area contributed by atoms with Crippen molar-refractivity contribution in [3.63, 3.8) is 0 Å². The lowest BCUT2D eigenvalue weighted by molar-refractivity contribution is 0.349. The van der Waals surface area contributed by atoms with Crippen LogP contribution in [0.3, 0.4) is 0 Å². The lowest BCUT2D eigenvalue weighted by Crippen LogP contribution is -2.31. The molecule has 0 bridgehead atoms. The summed E-state index contributed by atoms with van der Waals surface area (Å²) < 4.78 is 13.1. The molecule has 4 heteroatoms. The third-order valence-electron chi connectivity index (χ3n) is 4.01. The van der Waals surface area contributed by atoms with Crippen LogP contribution in [0.4, 0.5) is 10.3 Å². The van der Waals surface area contributed by atoms with E-state index < -0.39 is 0 Å². The fourth-order valence-corrected chi connectivity index (χ4v) is 2.81. The van der Waals surface area contributed by atoms with Crippen molar-refractivity contribution >= 4 is 17.0 Å². The van der Waals surface area contributed by atoms with E-state index in [9.17, 15) is 4.39 Å². The first-order valence-electron chi connectivity index (χ1n) is 6.46. The molecule has 1 heterocycles. The maximum Gasteiger partial charge on any atom is 0.201 e. The van der Waals surface area contributed by atoms with Crippen molar-refractivity contribution in [2.45, 2.75) is 39.2 Å². The monoisotopic (exact) mass is 247 g/mol. The summed E-state index contributed by atoms with van der Waals surface area (Å²) in [6.07, 6.45) is 3.65. The van der Waals surface area contributed by atoms with Crippen LogP contribution in [0.25, 0.3) is 11.0 Å². The Labute approximate surface area is 106 Å². The number of H-pyrrole nitrogens is 1. The van der Waals surface area contributed by atoms with Crippen LogP contribution in [0.2, 0.25) is 0 Å². The van der Waals surface area contributed by atoms with Crippen LogP contribution in [0.5, 0.6) is 0 Å². The Morgan fingerprint density at radius 2 is 2.28 bits per heavy atom. The Morgan fingerprint density at radius 1 is 1.44 bits per heavy atom. The minimum Gasteiger partial charge on any atom is -0.353 e. The smallest absolute Gasteiger partial charge is 0.201 e. The molecular weight excluding hydrogens is 229 g/mol. The molecule has 2 N–H and O–H groups in total. The van der Waals surface area contributed by atoms with E-state index in [1.165, 1.54) is 31.4 Å². The normalized spacial score (nSPS) is 22.5. The van der Waals surface area contributed by atoms with Crippen LogP contribution in [0.15, 0.2) is 18.2 Å². The molecule has 0 radical (unpaired) electrons. The standard InChI is InChI=1S/C14H18FN3/c1-14(2)7-3-4-12(14)18-13-16-10-6-5-9(15)8-11(10)17-13/h5-6,8,12H,3-4,7H2,1-2H3,(H2,16,17,18). The average molecular weight is 247 g/mol. The predicted molar refractivity (Wildman–Crippen MR) is 71.1 cm³/mol. The second-order valence-electron chi connectivity index (χ2n) is 5.82. The van der Waals surface area contributed by atoms with Crippen molar-refractivity contribution in [1.82, 2.24) is 9.97 Å². The zero-order valence-corrected chi connectivity index (χ0v) is 10.8. The van der Waals surface area contributed by atoms with Crippen LogP contribution >= 0.6 is 0 Å². The van der Waals surface area contributed by atoms with Crippen LogP contribution < -0.4 is 5.32 Å². The molecule has 0 amide bonds. The number of halogens is 1. The van der Waals surface area contributed by atoms with Crippen molar-refractivity contribution in [3.05, 3.63) is 24.0 Å². The molecule has 1 fully saturated rings. The van der Waals surface area contributed by atoms with Crippen LogP contribution in [0.1, 0.15) is 33.1 Å². The highest BCUT2D eigenvalue weighted by Crippen LogP contribution is 2.38. The van der Waals surface area contributed by atoms with Crippen molar-refractivity contribution in [2.24, 2.45) is 5.41 Å². The molecule has 1 aliphatic rings. The number of hydrogen-bond donors (Lipinski definition) is 2. The summed E-state index contributed by atoms with van der Waals surface area (Å²) in [5, 5.41) is 3.45. The van der Waals surface area contributed by atoms with Gasteiger partial charge in [0.2, 0.25) is 5.95 Å². The molecule has 1 aromatic carbocycles. The van der Waals surface area contributed by atoms with E-state index in [1.54, 1.807) is 6.07 Å². The second kappa shape index (κ2) is 3.97. The molecule has 1 saturated carbocycles. The molecule has 0 saturated heterocycles. The zero-order chi connectivity index (χ0) is 12.8. The van der Waals surface area contributed by atoms with Crippen LogP contribution in [0, 0.1) is 11.2 Å². The lowest BCUT2D eigenvalue weighted by atomic mass is 9.87. The highest BCUT2D eigenvalue weighted by Gasteiger charge is 2.34. The van der Waals surface area contributed by atoms with Gasteiger partial charge in [0.05, 0.1) is 11.0 Å². The molecule has 1 atom stereocenters. The highest BCUT2D eigenvalue weighted by molar-refractivity contribution is 5.77. The van der Waals surface area contributed by atoms with Crippen molar-refractivity contribution in [1.29, 1.82) is 0 Å². The first kappa shape index (κ1) is 11.5. The van der Waals surface area contributed by atoms with E-state index in [-0.39, 0.29) is 5.82 Å². The summed E-state index contributed by atoms with van der Waals surface area (Å²) in [6, 6.07) is 5.05. The molecule has 0 aliphatic heterocycles. The Hall–Kier alpha value is -1.58. The largest absolute Gasteiger partial charge is 0.353 e. The van der Waals surface area contributed by atoms with E-state index in [2.05, 4.69) is 29.1 Å². The van der Waals surface area contributed by atoms with Crippen LogP contribution in [-0.2, 0) is 0 Å². The molecule has 3 nitrogen and oxygen atoms in total. The van der Waals surface area contributed by atoms with Gasteiger partial charge in [0, 0.05) is 6.04 Å². The van der Waals surface area contributed by atoms with Crippen molar-refractivity contribution in [3.8, 4) is 0 Å². The number of aromatic nitrogens is 2. The van der Waals surface area contributed by atoms with Gasteiger partial charge < -0.3 is 10.3 Å². The quantitative estimate of drug-likeness (QED) is 0.849. The Kier molecular flexibility index (Phi) is 2.54. The minimum atomic E-state index is -0.237. The summed E-state index contributed by atoms with van der Waals surface area (Å²) in [7, 11) is 0. The molecule has 3 rings (SSSR count). The molecule has 2 aromatic rings. The molecule has 0 spiro atoms. The molecule has 18 heavy (non-hydrogen) atoms. The summed E-state index contributed by atoms with van der Waals surface area (Å²) in [5.41, 5.74) is 1.84. The van der Waals surface area contributed by atoms with Gasteiger partial charge in [-0.15, -0.1) is 0 Å². The fourth-order valence-electron chi connectivity index (χ4n) is 2.81. The summed E-state index contributed by atoms with van der Waals surface area (Å²) in [6.45, 7) is 4.56. The van der Waals surface area contributed by atoms with E-state index in [0.29, 0.717) is 11.5 Å². The summed E-state index contributed by atoms with van der Waals surface area (Å²) >= 11 is 0. The van der Waals surface area contributed by atoms with Gasteiger partial charge in [-0.05, 0) is 36.5 Å². The van der Waals surface area contributed by atoms with Crippen molar-refractivity contribution < 1.29 is 4.39 Å². The number of benzene rings is 1. The van der Waals surface area contributed by atoms with Gasteiger partial charge in [0.15, 0.2) is 0 Å². The molecular formula is C14H18FN3. The van der Waals surface area contributed by atoms with Crippen LogP contribution in [-0.4, -0.2) is 16.0 Å². The van der Waals surface area contributed by atoms with Crippen molar-refractivity contribution in [2.75, 3.05) is 5.32 Å². The fraction of sp³-hybridized carbons (Fsp3) is 0.500. The number of hydrogen-bond acceptors (Lipinski definition) is 2. The van der Waals surface area contributed by atoms with Gasteiger partial charge in [-0.2, -0.15) is 0 Å². The number of rotatable bonds is 2. The Morgan fingerprint density at radius 3 is 3.00 bits per heavy atom. The predicted octanol–water partition coefficient (Wildman–Crippen LogP) is 3.69. The van der Waals surface area contributed by atoms with Gasteiger partial charge in [0.1, 0.15) is 5.82 Å². The lowest BCUT2D eigenvalue weighted by Gasteiger charge is -2.27. The molecule has 96 valence electrons. The Bertz CT molecular complexity index is 573. The average Bonchev–Trinajstić information content (AvgIpc) is 2.82. The topological polar surface area (TPSA) is 40.7 Å². The third kappa shape index (κ3) is 1.96. The molecule has 1 aliphatic carbocycles. The first-order valence-corrected chi connectivity index (χ1v) is 6.46. The summed E-state index contributed by atoms with van der Waals surface area (Å²) in [4.78, 5) is 7.59. The number of nitrogens with one attached hydrogen (secondary N) is 2. The first-order chi connectivity index (χ1) is 8.54. The minimum absolute atomic E-state index is 0.237. The zero-order valence-electron chi connectivity index (χ0n) is 10.8. The number of nitrogens with zero attached hydrogens (tertiary/aromatic N) is 1. The van der Waals surface area contributed by atoms with Gasteiger partial charge >= 0.3 is 0 Å². The SMILES string of the molecule is CC1(C)CCCC1Nc1nc2ccc(F)cc2[nH]1. The maximum absolute atomic E-state index is 13.1. The van der Waals surface area contributed by atoms with E-state index in [1.807, 2.05) is 0 Å². The number of anilines is 1. The number of imidazole rings is 1. The number of aromatic amines is 1. The van der Waals surface area contributed by atoms with E-state index >= 15 is 0 Å². The van der Waals surface area contributed by atoms with Gasteiger partial charge in [-0.3, -0.25) is 0 Å². The van der Waals surface area contributed by atoms with Gasteiger partial charge in [0.25, 0.3) is 0 Å². The van der Waals surface area contributed by atoms with Gasteiger partial charge in [-0.25, -0.2) is 9.37 Å².